The summed E-state index contributed by atoms with van der Waals surface area (Å²) in [6, 6.07) is 20.2. The Balaban J connectivity index is 1.61. The van der Waals surface area contributed by atoms with E-state index in [0.717, 1.165) is 0 Å². The van der Waals surface area contributed by atoms with Gasteiger partial charge in [0.2, 0.25) is 5.71 Å². The number of alkyl halides is 3. The number of halogens is 4. The van der Waals surface area contributed by atoms with E-state index in [1.165, 1.54) is 31.3 Å². The summed E-state index contributed by atoms with van der Waals surface area (Å²) in [6.45, 7) is 5.51. The van der Waals surface area contributed by atoms with Crippen molar-refractivity contribution in [3.8, 4) is 33.9 Å². The number of pyridine rings is 1. The summed E-state index contributed by atoms with van der Waals surface area (Å²) in [6.07, 6.45) is -6.02. The van der Waals surface area contributed by atoms with Gasteiger partial charge in [-0.2, -0.15) is 13.2 Å². The molecule has 11 heteroatoms. The Morgan fingerprint density at radius 1 is 0.870 bits per heavy atom. The van der Waals surface area contributed by atoms with E-state index in [1.807, 2.05) is 20.8 Å². The molecule has 5 rings (SSSR count). The maximum absolute atomic E-state index is 13.4. The minimum absolute atomic E-state index is 0.0113. The van der Waals surface area contributed by atoms with E-state index < -0.39 is 36.3 Å². The molecule has 7 nitrogen and oxygen atoms in total. The van der Waals surface area contributed by atoms with Gasteiger partial charge in [0.05, 0.1) is 16.6 Å². The molecule has 0 radical (unpaired) electrons. The highest BCUT2D eigenvalue weighted by Crippen LogP contribution is 2.38. The number of aryl methyl sites for hydroxylation is 1. The van der Waals surface area contributed by atoms with Crippen LogP contribution in [0.2, 0.25) is 0 Å². The molecule has 0 aliphatic carbocycles. The molecule has 0 atom stereocenters. The molecule has 2 aromatic heterocycles. The summed E-state index contributed by atoms with van der Waals surface area (Å²) in [5.74, 6) is -0.206. The highest BCUT2D eigenvalue weighted by atomic mass is 19.4. The fraction of sp³-hybridized carbons (Fsp3) is 0.229. The number of benzene rings is 3. The van der Waals surface area contributed by atoms with Gasteiger partial charge in [-0.1, -0.05) is 12.1 Å². The van der Waals surface area contributed by atoms with Crippen LogP contribution in [0.15, 0.2) is 83.3 Å². The van der Waals surface area contributed by atoms with Crippen molar-refractivity contribution < 1.29 is 36.3 Å². The van der Waals surface area contributed by atoms with Crippen LogP contribution >= 0.6 is 0 Å². The largest absolute Gasteiger partial charge is 0.457 e. The molecule has 0 spiro atoms. The van der Waals surface area contributed by atoms with Crippen molar-refractivity contribution in [1.82, 2.24) is 15.6 Å². The van der Waals surface area contributed by atoms with E-state index in [1.54, 1.807) is 54.6 Å². The van der Waals surface area contributed by atoms with Gasteiger partial charge in [-0.25, -0.2) is 9.37 Å². The third-order valence-electron chi connectivity index (χ3n) is 6.95. The quantitative estimate of drug-likeness (QED) is 0.167. The number of rotatable bonds is 8. The van der Waals surface area contributed by atoms with Crippen molar-refractivity contribution in [2.24, 2.45) is 0 Å². The fourth-order valence-electron chi connectivity index (χ4n) is 4.87. The lowest BCUT2D eigenvalue weighted by Crippen LogP contribution is -2.40. The molecule has 0 aliphatic rings. The van der Waals surface area contributed by atoms with Gasteiger partial charge in [0.1, 0.15) is 23.1 Å². The first-order valence-electron chi connectivity index (χ1n) is 14.4. The van der Waals surface area contributed by atoms with E-state index in [0.29, 0.717) is 33.8 Å². The van der Waals surface area contributed by atoms with E-state index in [4.69, 9.17) is 9.15 Å². The highest BCUT2D eigenvalue weighted by Gasteiger charge is 2.29. The topological polar surface area (TPSA) is 93.5 Å². The normalized spacial score (nSPS) is 11.8. The average molecular weight is 634 g/mol. The molecule has 5 aromatic rings. The fourth-order valence-corrected chi connectivity index (χ4v) is 4.87. The lowest BCUT2D eigenvalue weighted by molar-refractivity contribution is -0.134. The third-order valence-corrected chi connectivity index (χ3v) is 6.95. The van der Waals surface area contributed by atoms with E-state index >= 15 is 0 Å². The Labute approximate surface area is 262 Å². The first kappa shape index (κ1) is 32.2. The Morgan fingerprint density at radius 2 is 1.52 bits per heavy atom. The van der Waals surface area contributed by atoms with Crippen LogP contribution in [0.25, 0.3) is 33.6 Å². The number of furan rings is 1. The van der Waals surface area contributed by atoms with Crippen molar-refractivity contribution in [3.05, 3.63) is 102 Å². The van der Waals surface area contributed by atoms with Gasteiger partial charge in [0.25, 0.3) is 11.8 Å². The summed E-state index contributed by atoms with van der Waals surface area (Å²) in [4.78, 5) is 30.6. The van der Waals surface area contributed by atoms with Crippen molar-refractivity contribution in [2.45, 2.75) is 45.3 Å². The maximum Gasteiger partial charge on any atom is 0.389 e. The van der Waals surface area contributed by atoms with E-state index in [9.17, 15) is 27.2 Å². The Kier molecular flexibility index (Phi) is 8.87. The number of hydrogen-bond donors (Lipinski definition) is 2. The second-order valence-electron chi connectivity index (χ2n) is 11.7. The lowest BCUT2D eigenvalue weighted by atomic mass is 9.96. The standard InChI is InChI=1S/C35H31F4N3O4/c1-34(2,3)42-31(43)22-7-5-6-21(18-22)26-19-27-29(32(44)40-4)30(46-33(27)41-28(26)16-17-35(37,38)39)20-8-12-24(13-9-20)45-25-14-10-23(36)11-15-25/h5-15,18-19H,16-17H2,1-4H3,(H,40,44)(H,42,43). The zero-order valence-corrected chi connectivity index (χ0v) is 25.5. The van der Waals surface area contributed by atoms with Gasteiger partial charge < -0.3 is 19.8 Å². The molecule has 3 aromatic carbocycles. The van der Waals surface area contributed by atoms with Gasteiger partial charge in [0, 0.05) is 35.7 Å². The van der Waals surface area contributed by atoms with Crippen LogP contribution in [0.4, 0.5) is 17.6 Å². The highest BCUT2D eigenvalue weighted by molar-refractivity contribution is 6.11. The smallest absolute Gasteiger partial charge is 0.389 e. The molecular weight excluding hydrogens is 602 g/mol. The summed E-state index contributed by atoms with van der Waals surface area (Å²) in [7, 11) is 1.45. The first-order chi connectivity index (χ1) is 21.7. The van der Waals surface area contributed by atoms with Crippen LogP contribution in [-0.2, 0) is 6.42 Å². The molecule has 2 amide bonds. The SMILES string of the molecule is CNC(=O)c1c(-c2ccc(Oc3ccc(F)cc3)cc2)oc2nc(CCC(F)(F)F)c(-c3cccc(C(=O)NC(C)(C)C)c3)cc12. The van der Waals surface area contributed by atoms with Crippen LogP contribution < -0.4 is 15.4 Å². The lowest BCUT2D eigenvalue weighted by Gasteiger charge is -2.20. The van der Waals surface area contributed by atoms with Crippen LogP contribution in [0.1, 0.15) is 53.6 Å². The number of hydrogen-bond acceptors (Lipinski definition) is 5. The number of nitrogens with one attached hydrogen (secondary N) is 2. The van der Waals surface area contributed by atoms with Gasteiger partial charge >= 0.3 is 6.18 Å². The summed E-state index contributed by atoms with van der Waals surface area (Å²) >= 11 is 0. The van der Waals surface area contributed by atoms with Crippen LogP contribution in [0.3, 0.4) is 0 Å². The number of carbonyl (C=O) groups is 2. The number of amides is 2. The minimum Gasteiger partial charge on any atom is -0.457 e. The van der Waals surface area contributed by atoms with Crippen LogP contribution in [-0.4, -0.2) is 35.6 Å². The Bertz CT molecular complexity index is 1890. The number of ether oxygens (including phenoxy) is 1. The van der Waals surface area contributed by atoms with E-state index in [2.05, 4.69) is 15.6 Å². The molecule has 0 aliphatic heterocycles. The molecule has 0 saturated carbocycles. The first-order valence-corrected chi connectivity index (χ1v) is 14.4. The van der Waals surface area contributed by atoms with Crippen molar-refractivity contribution >= 4 is 22.9 Å². The second kappa shape index (κ2) is 12.7. The summed E-state index contributed by atoms with van der Waals surface area (Å²) in [5.41, 5.74) is 1.32. The molecule has 2 heterocycles. The predicted molar refractivity (Wildman–Crippen MR) is 166 cm³/mol. The molecule has 238 valence electrons. The van der Waals surface area contributed by atoms with Gasteiger partial charge in [0.15, 0.2) is 0 Å². The van der Waals surface area contributed by atoms with Gasteiger partial charge in [-0.15, -0.1) is 0 Å². The average Bonchev–Trinajstić information content (AvgIpc) is 3.38. The molecule has 0 unspecified atom stereocenters. The second-order valence-corrected chi connectivity index (χ2v) is 11.7. The molecular formula is C35H31F4N3O4. The van der Waals surface area contributed by atoms with Crippen molar-refractivity contribution in [3.63, 3.8) is 0 Å². The molecule has 46 heavy (non-hydrogen) atoms. The molecule has 2 N–H and O–H groups in total. The summed E-state index contributed by atoms with van der Waals surface area (Å²) in [5, 5.41) is 5.77. The zero-order valence-electron chi connectivity index (χ0n) is 25.5. The summed E-state index contributed by atoms with van der Waals surface area (Å²) < 4.78 is 65.2. The van der Waals surface area contributed by atoms with Gasteiger partial charge in [-0.3, -0.25) is 9.59 Å². The minimum atomic E-state index is -4.44. The third kappa shape index (κ3) is 7.53. The number of fused-ring (bicyclic) bond motifs is 1. The molecule has 0 saturated heterocycles. The van der Waals surface area contributed by atoms with Crippen molar-refractivity contribution in [1.29, 1.82) is 0 Å². The van der Waals surface area contributed by atoms with Crippen LogP contribution in [0.5, 0.6) is 11.5 Å². The van der Waals surface area contributed by atoms with Gasteiger partial charge in [-0.05, 0) is 99.5 Å². The van der Waals surface area contributed by atoms with Crippen LogP contribution in [0, 0.1) is 5.82 Å². The number of aromatic nitrogens is 1. The number of carbonyl (C=O) groups excluding carboxylic acids is 2. The molecule has 0 bridgehead atoms. The Morgan fingerprint density at radius 3 is 2.13 bits per heavy atom. The number of nitrogens with zero attached hydrogens (tertiary/aromatic N) is 1. The zero-order chi connectivity index (χ0) is 33.2. The van der Waals surface area contributed by atoms with Crippen molar-refractivity contribution in [2.75, 3.05) is 7.05 Å². The monoisotopic (exact) mass is 633 g/mol. The Hall–Kier alpha value is -5.19. The van der Waals surface area contributed by atoms with E-state index in [-0.39, 0.29) is 34.0 Å². The predicted octanol–water partition coefficient (Wildman–Crippen LogP) is 8.48. The maximum atomic E-state index is 13.4. The molecule has 0 fully saturated rings.